The molecule has 0 spiro atoms. The topological polar surface area (TPSA) is 85.2 Å². The molecule has 1 aliphatic heterocycles. The van der Waals surface area contributed by atoms with Gasteiger partial charge in [-0.1, -0.05) is 11.6 Å². The van der Waals surface area contributed by atoms with Crippen molar-refractivity contribution in [1.82, 2.24) is 9.78 Å². The van der Waals surface area contributed by atoms with E-state index in [0.29, 0.717) is 39.1 Å². The van der Waals surface area contributed by atoms with E-state index >= 15 is 0 Å². The monoisotopic (exact) mass is 428 g/mol. The number of anilines is 2. The Hall–Kier alpha value is -3.39. The number of carbonyl (C=O) groups is 2. The number of hydrogen-bond acceptors (Lipinski definition) is 4. The third-order valence-corrected chi connectivity index (χ3v) is 5.21. The summed E-state index contributed by atoms with van der Waals surface area (Å²) >= 11 is 6.12. The first-order valence-electron chi connectivity index (χ1n) is 9.16. The lowest BCUT2D eigenvalue weighted by Gasteiger charge is -2.24. The van der Waals surface area contributed by atoms with E-state index in [1.165, 1.54) is 23.9 Å². The maximum absolute atomic E-state index is 13.3. The van der Waals surface area contributed by atoms with Gasteiger partial charge in [0, 0.05) is 16.8 Å². The average molecular weight is 429 g/mol. The molecule has 1 aromatic heterocycles. The van der Waals surface area contributed by atoms with Gasteiger partial charge in [-0.2, -0.15) is 5.10 Å². The quantitative estimate of drug-likeness (QED) is 0.652. The maximum atomic E-state index is 13.3. The van der Waals surface area contributed by atoms with E-state index in [0.717, 1.165) is 0 Å². The Labute approximate surface area is 176 Å². The molecule has 4 rings (SSSR count). The standard InChI is InChI=1S/C21H18ClFN4O3/c1-11-19(12-3-5-13(23)6-4-12)26-27-16(10-18(28)25-20(11)27)21(29)24-14-7-8-17(30-2)15(22)9-14/h3-9,16H,10H2,1-2H3,(H,24,29)(H,25,28). The fourth-order valence-corrected chi connectivity index (χ4v) is 3.65. The summed E-state index contributed by atoms with van der Waals surface area (Å²) in [5.74, 6) is -0.118. The number of amides is 2. The highest BCUT2D eigenvalue weighted by molar-refractivity contribution is 6.32. The minimum Gasteiger partial charge on any atom is -0.495 e. The Balaban J connectivity index is 1.66. The molecule has 0 aliphatic carbocycles. The second kappa shape index (κ2) is 7.79. The van der Waals surface area contributed by atoms with Gasteiger partial charge in [-0.05, 0) is 49.4 Å². The molecule has 2 aromatic carbocycles. The smallest absolute Gasteiger partial charge is 0.249 e. The molecule has 2 heterocycles. The summed E-state index contributed by atoms with van der Waals surface area (Å²) in [6.07, 6.45) is -0.0628. The number of benzene rings is 2. The summed E-state index contributed by atoms with van der Waals surface area (Å²) in [5, 5.41) is 10.4. The van der Waals surface area contributed by atoms with Gasteiger partial charge in [0.1, 0.15) is 23.4 Å². The molecule has 3 aromatic rings. The number of nitrogens with zero attached hydrogens (tertiary/aromatic N) is 2. The molecule has 0 bridgehead atoms. The highest BCUT2D eigenvalue weighted by atomic mass is 35.5. The number of aromatic nitrogens is 2. The van der Waals surface area contributed by atoms with E-state index < -0.39 is 11.9 Å². The molecule has 0 saturated carbocycles. The Kier molecular flexibility index (Phi) is 5.17. The molecule has 154 valence electrons. The predicted octanol–water partition coefficient (Wildman–Crippen LogP) is 4.18. The first-order chi connectivity index (χ1) is 14.4. The molecule has 1 atom stereocenters. The van der Waals surface area contributed by atoms with Crippen LogP contribution < -0.4 is 15.4 Å². The molecule has 0 saturated heterocycles. The molecule has 7 nitrogen and oxygen atoms in total. The third kappa shape index (κ3) is 3.61. The lowest BCUT2D eigenvalue weighted by Crippen LogP contribution is -2.35. The Morgan fingerprint density at radius 3 is 2.70 bits per heavy atom. The molecular weight excluding hydrogens is 411 g/mol. The van der Waals surface area contributed by atoms with Gasteiger partial charge in [0.2, 0.25) is 11.8 Å². The first-order valence-corrected chi connectivity index (χ1v) is 9.54. The van der Waals surface area contributed by atoms with Crippen LogP contribution in [0.1, 0.15) is 18.0 Å². The van der Waals surface area contributed by atoms with Gasteiger partial charge in [-0.15, -0.1) is 0 Å². The predicted molar refractivity (Wildman–Crippen MR) is 111 cm³/mol. The summed E-state index contributed by atoms with van der Waals surface area (Å²) < 4.78 is 19.9. The normalized spacial score (nSPS) is 15.3. The Morgan fingerprint density at radius 2 is 2.03 bits per heavy atom. The Bertz CT molecular complexity index is 1140. The zero-order valence-electron chi connectivity index (χ0n) is 16.2. The van der Waals surface area contributed by atoms with Gasteiger partial charge >= 0.3 is 0 Å². The molecule has 0 fully saturated rings. The van der Waals surface area contributed by atoms with Crippen LogP contribution in [0.3, 0.4) is 0 Å². The minimum atomic E-state index is -0.845. The summed E-state index contributed by atoms with van der Waals surface area (Å²) in [7, 11) is 1.50. The molecular formula is C21H18ClFN4O3. The van der Waals surface area contributed by atoms with E-state index in [1.807, 2.05) is 0 Å². The lowest BCUT2D eigenvalue weighted by molar-refractivity contribution is -0.125. The van der Waals surface area contributed by atoms with Crippen molar-refractivity contribution in [3.8, 4) is 17.0 Å². The highest BCUT2D eigenvalue weighted by Gasteiger charge is 2.34. The Morgan fingerprint density at radius 1 is 1.30 bits per heavy atom. The van der Waals surface area contributed by atoms with Gasteiger partial charge < -0.3 is 15.4 Å². The molecule has 9 heteroatoms. The van der Waals surface area contributed by atoms with Crippen LogP contribution >= 0.6 is 11.6 Å². The number of carbonyl (C=O) groups excluding carboxylic acids is 2. The SMILES string of the molecule is COc1ccc(NC(=O)C2CC(=O)Nc3c(C)c(-c4ccc(F)cc4)nn32)cc1Cl. The van der Waals surface area contributed by atoms with Crippen molar-refractivity contribution in [2.75, 3.05) is 17.7 Å². The van der Waals surface area contributed by atoms with Gasteiger partial charge in [-0.3, -0.25) is 9.59 Å². The number of rotatable bonds is 4. The molecule has 30 heavy (non-hydrogen) atoms. The first kappa shape index (κ1) is 19.9. The van der Waals surface area contributed by atoms with E-state index in [2.05, 4.69) is 15.7 Å². The number of methoxy groups -OCH3 is 1. The number of hydrogen-bond donors (Lipinski definition) is 2. The van der Waals surface area contributed by atoms with Crippen LogP contribution in [-0.2, 0) is 9.59 Å². The van der Waals surface area contributed by atoms with E-state index in [4.69, 9.17) is 16.3 Å². The highest BCUT2D eigenvalue weighted by Crippen LogP contribution is 2.35. The zero-order chi connectivity index (χ0) is 21.4. The lowest BCUT2D eigenvalue weighted by atomic mass is 10.1. The van der Waals surface area contributed by atoms with Gasteiger partial charge in [0.25, 0.3) is 0 Å². The van der Waals surface area contributed by atoms with Crippen molar-refractivity contribution < 1.29 is 18.7 Å². The minimum absolute atomic E-state index is 0.0628. The van der Waals surface area contributed by atoms with Gasteiger partial charge in [0.15, 0.2) is 0 Å². The van der Waals surface area contributed by atoms with Crippen molar-refractivity contribution >= 4 is 34.9 Å². The van der Waals surface area contributed by atoms with E-state index in [-0.39, 0.29) is 18.1 Å². The third-order valence-electron chi connectivity index (χ3n) is 4.92. The zero-order valence-corrected chi connectivity index (χ0v) is 17.0. The van der Waals surface area contributed by atoms with Crippen LogP contribution in [0.4, 0.5) is 15.9 Å². The van der Waals surface area contributed by atoms with Gasteiger partial charge in [0.05, 0.1) is 24.2 Å². The van der Waals surface area contributed by atoms with Crippen molar-refractivity contribution in [1.29, 1.82) is 0 Å². The summed E-state index contributed by atoms with van der Waals surface area (Å²) in [4.78, 5) is 25.2. The van der Waals surface area contributed by atoms with Crippen LogP contribution in [0, 0.1) is 12.7 Å². The molecule has 2 amide bonds. The molecule has 0 radical (unpaired) electrons. The van der Waals surface area contributed by atoms with Crippen LogP contribution in [0.25, 0.3) is 11.3 Å². The van der Waals surface area contributed by atoms with Crippen LogP contribution in [0.15, 0.2) is 42.5 Å². The van der Waals surface area contributed by atoms with Crippen molar-refractivity contribution in [2.45, 2.75) is 19.4 Å². The molecule has 1 aliphatic rings. The summed E-state index contributed by atoms with van der Waals surface area (Å²) in [6, 6.07) is 9.90. The number of ether oxygens (including phenoxy) is 1. The molecule has 1 unspecified atom stereocenters. The number of nitrogens with one attached hydrogen (secondary N) is 2. The van der Waals surface area contributed by atoms with E-state index in [1.54, 1.807) is 37.3 Å². The van der Waals surface area contributed by atoms with Crippen molar-refractivity contribution in [3.63, 3.8) is 0 Å². The second-order valence-corrected chi connectivity index (χ2v) is 7.29. The number of fused-ring (bicyclic) bond motifs is 1. The summed E-state index contributed by atoms with van der Waals surface area (Å²) in [5.41, 5.74) is 2.42. The van der Waals surface area contributed by atoms with Crippen LogP contribution in [-0.4, -0.2) is 28.7 Å². The van der Waals surface area contributed by atoms with Crippen molar-refractivity contribution in [3.05, 3.63) is 58.9 Å². The van der Waals surface area contributed by atoms with Crippen LogP contribution in [0.2, 0.25) is 5.02 Å². The molecule has 2 N–H and O–H groups in total. The van der Waals surface area contributed by atoms with Crippen molar-refractivity contribution in [2.24, 2.45) is 0 Å². The van der Waals surface area contributed by atoms with Gasteiger partial charge in [-0.25, -0.2) is 9.07 Å². The largest absolute Gasteiger partial charge is 0.495 e. The maximum Gasteiger partial charge on any atom is 0.249 e. The number of halogens is 2. The average Bonchev–Trinajstić information content (AvgIpc) is 3.04. The summed E-state index contributed by atoms with van der Waals surface area (Å²) in [6.45, 7) is 1.79. The second-order valence-electron chi connectivity index (χ2n) is 6.88. The fourth-order valence-electron chi connectivity index (χ4n) is 3.39. The fraction of sp³-hybridized carbons (Fsp3) is 0.190. The van der Waals surface area contributed by atoms with Crippen LogP contribution in [0.5, 0.6) is 5.75 Å². The van der Waals surface area contributed by atoms with E-state index in [9.17, 15) is 14.0 Å².